The van der Waals surface area contributed by atoms with E-state index in [0.29, 0.717) is 0 Å². The first kappa shape index (κ1) is 17.7. The van der Waals surface area contributed by atoms with Gasteiger partial charge >= 0.3 is 0 Å². The van der Waals surface area contributed by atoms with Crippen LogP contribution < -0.4 is 0 Å². The van der Waals surface area contributed by atoms with E-state index >= 15 is 0 Å². The third-order valence-corrected chi connectivity index (χ3v) is 4.51. The predicted molar refractivity (Wildman–Crippen MR) is 114 cm³/mol. The molecule has 0 atom stereocenters. The van der Waals surface area contributed by atoms with Crippen LogP contribution in [0.1, 0.15) is 13.0 Å². The molecule has 0 heteroatoms. The van der Waals surface area contributed by atoms with E-state index in [2.05, 4.69) is 110 Å². The minimum Gasteiger partial charge on any atom is -0.0776 e. The van der Waals surface area contributed by atoms with Gasteiger partial charge in [-0.2, -0.15) is 0 Å². The summed E-state index contributed by atoms with van der Waals surface area (Å²) in [6.45, 7) is 2.16. The molecular formula is C26H24. The van der Waals surface area contributed by atoms with Crippen LogP contribution in [-0.2, 0) is 0 Å². The lowest BCUT2D eigenvalue weighted by molar-refractivity contribution is 1.46. The van der Waals surface area contributed by atoms with Crippen molar-refractivity contribution in [1.29, 1.82) is 0 Å². The molecule has 0 aliphatic heterocycles. The Hall–Kier alpha value is -3.12. The highest BCUT2D eigenvalue weighted by molar-refractivity contribution is 5.76. The molecule has 0 N–H and O–H groups in total. The minimum atomic E-state index is 0. The van der Waals surface area contributed by atoms with Gasteiger partial charge in [-0.15, -0.1) is 0 Å². The van der Waals surface area contributed by atoms with E-state index in [9.17, 15) is 0 Å². The minimum absolute atomic E-state index is 0. The average Bonchev–Trinajstić information content (AvgIpc) is 2.69. The molecule has 0 bridgehead atoms. The van der Waals surface area contributed by atoms with Gasteiger partial charge in [-0.1, -0.05) is 104 Å². The standard InChI is InChI=1S/C25H20.CH4/c1-19-16-24(21-10-6-3-7-11-21)18-25(17-19)23-14-12-22(13-15-23)20-8-4-2-5-9-20;/h2-18H,1H3;1H4. The molecule has 128 valence electrons. The smallest absolute Gasteiger partial charge is 0.0175 e. The molecule has 0 radical (unpaired) electrons. The highest BCUT2D eigenvalue weighted by Gasteiger charge is 2.04. The lowest BCUT2D eigenvalue weighted by Crippen LogP contribution is -1.85. The fraction of sp³-hybridized carbons (Fsp3) is 0.0769. The summed E-state index contributed by atoms with van der Waals surface area (Å²) in [6, 6.07) is 36.7. The molecule has 0 aliphatic carbocycles. The van der Waals surface area contributed by atoms with Crippen LogP contribution in [0.2, 0.25) is 0 Å². The molecule has 0 fully saturated rings. The summed E-state index contributed by atoms with van der Waals surface area (Å²) in [5.74, 6) is 0. The van der Waals surface area contributed by atoms with E-state index in [0.717, 1.165) is 0 Å². The SMILES string of the molecule is C.Cc1cc(-c2ccccc2)cc(-c2ccc(-c3ccccc3)cc2)c1. The van der Waals surface area contributed by atoms with Crippen LogP contribution in [0.25, 0.3) is 33.4 Å². The quantitative estimate of drug-likeness (QED) is 0.361. The summed E-state index contributed by atoms with van der Waals surface area (Å²) < 4.78 is 0. The molecule has 0 unspecified atom stereocenters. The van der Waals surface area contributed by atoms with Crippen molar-refractivity contribution in [1.82, 2.24) is 0 Å². The molecule has 4 aromatic rings. The van der Waals surface area contributed by atoms with Gasteiger partial charge in [0, 0.05) is 0 Å². The Balaban J connectivity index is 0.00000196. The fourth-order valence-corrected chi connectivity index (χ4v) is 3.23. The zero-order valence-corrected chi connectivity index (χ0v) is 14.3. The van der Waals surface area contributed by atoms with E-state index in [1.54, 1.807) is 0 Å². The third kappa shape index (κ3) is 3.75. The molecule has 0 nitrogen and oxygen atoms in total. The van der Waals surface area contributed by atoms with Crippen molar-refractivity contribution in [3.63, 3.8) is 0 Å². The Kier molecular flexibility index (Phi) is 5.34. The molecule has 0 aromatic heterocycles. The van der Waals surface area contributed by atoms with Crippen LogP contribution in [0.3, 0.4) is 0 Å². The Labute approximate surface area is 156 Å². The summed E-state index contributed by atoms with van der Waals surface area (Å²) in [6.07, 6.45) is 0. The zero-order chi connectivity index (χ0) is 17.1. The summed E-state index contributed by atoms with van der Waals surface area (Å²) in [7, 11) is 0. The van der Waals surface area contributed by atoms with Crippen LogP contribution in [0, 0.1) is 6.92 Å². The Morgan fingerprint density at radius 2 is 0.731 bits per heavy atom. The van der Waals surface area contributed by atoms with Crippen LogP contribution in [-0.4, -0.2) is 0 Å². The average molecular weight is 336 g/mol. The molecule has 0 aliphatic rings. The molecule has 0 amide bonds. The predicted octanol–water partition coefficient (Wildman–Crippen LogP) is 7.63. The summed E-state index contributed by atoms with van der Waals surface area (Å²) in [5, 5.41) is 0. The van der Waals surface area contributed by atoms with Gasteiger partial charge in [-0.05, 0) is 51.9 Å². The van der Waals surface area contributed by atoms with Crippen molar-refractivity contribution in [3.05, 3.63) is 109 Å². The lowest BCUT2D eigenvalue weighted by Gasteiger charge is -2.09. The van der Waals surface area contributed by atoms with Gasteiger partial charge in [-0.25, -0.2) is 0 Å². The third-order valence-electron chi connectivity index (χ3n) is 4.51. The molecular weight excluding hydrogens is 312 g/mol. The Bertz CT molecular complexity index is 965. The largest absolute Gasteiger partial charge is 0.0776 e. The molecule has 4 rings (SSSR count). The fourth-order valence-electron chi connectivity index (χ4n) is 3.23. The van der Waals surface area contributed by atoms with E-state index in [-0.39, 0.29) is 7.43 Å². The Morgan fingerprint density at radius 1 is 0.385 bits per heavy atom. The van der Waals surface area contributed by atoms with Crippen molar-refractivity contribution >= 4 is 0 Å². The summed E-state index contributed by atoms with van der Waals surface area (Å²) in [4.78, 5) is 0. The van der Waals surface area contributed by atoms with Crippen LogP contribution >= 0.6 is 0 Å². The van der Waals surface area contributed by atoms with Gasteiger partial charge in [0.25, 0.3) is 0 Å². The summed E-state index contributed by atoms with van der Waals surface area (Å²) in [5.41, 5.74) is 8.82. The highest BCUT2D eigenvalue weighted by atomic mass is 14.1. The molecule has 0 saturated heterocycles. The van der Waals surface area contributed by atoms with Gasteiger partial charge in [0.1, 0.15) is 0 Å². The first-order chi connectivity index (χ1) is 12.3. The van der Waals surface area contributed by atoms with Gasteiger partial charge in [0.2, 0.25) is 0 Å². The van der Waals surface area contributed by atoms with Gasteiger partial charge < -0.3 is 0 Å². The maximum absolute atomic E-state index is 2.28. The van der Waals surface area contributed by atoms with Crippen molar-refractivity contribution in [2.24, 2.45) is 0 Å². The second-order valence-electron chi connectivity index (χ2n) is 6.40. The monoisotopic (exact) mass is 336 g/mol. The number of benzene rings is 4. The second-order valence-corrected chi connectivity index (χ2v) is 6.40. The maximum atomic E-state index is 2.28. The highest BCUT2D eigenvalue weighted by Crippen LogP contribution is 2.29. The van der Waals surface area contributed by atoms with Gasteiger partial charge in [0.15, 0.2) is 0 Å². The van der Waals surface area contributed by atoms with E-state index in [4.69, 9.17) is 0 Å². The van der Waals surface area contributed by atoms with Crippen LogP contribution in [0.4, 0.5) is 0 Å². The first-order valence-electron chi connectivity index (χ1n) is 8.62. The second kappa shape index (κ2) is 7.84. The first-order valence-corrected chi connectivity index (χ1v) is 8.62. The molecule has 0 saturated carbocycles. The lowest BCUT2D eigenvalue weighted by atomic mass is 9.95. The molecule has 0 spiro atoms. The molecule has 4 aromatic carbocycles. The van der Waals surface area contributed by atoms with E-state index in [1.165, 1.54) is 38.9 Å². The summed E-state index contributed by atoms with van der Waals surface area (Å²) >= 11 is 0. The van der Waals surface area contributed by atoms with E-state index < -0.39 is 0 Å². The van der Waals surface area contributed by atoms with E-state index in [1.807, 2.05) is 0 Å². The number of hydrogen-bond acceptors (Lipinski definition) is 0. The Morgan fingerprint density at radius 3 is 1.19 bits per heavy atom. The normalized spacial score (nSPS) is 10.2. The topological polar surface area (TPSA) is 0 Å². The number of aryl methyl sites for hydroxylation is 1. The van der Waals surface area contributed by atoms with Gasteiger partial charge in [-0.3, -0.25) is 0 Å². The zero-order valence-electron chi connectivity index (χ0n) is 14.3. The van der Waals surface area contributed by atoms with Crippen molar-refractivity contribution in [2.75, 3.05) is 0 Å². The number of hydrogen-bond donors (Lipinski definition) is 0. The van der Waals surface area contributed by atoms with Crippen molar-refractivity contribution in [3.8, 4) is 33.4 Å². The number of rotatable bonds is 3. The molecule has 26 heavy (non-hydrogen) atoms. The van der Waals surface area contributed by atoms with Crippen LogP contribution in [0.15, 0.2) is 103 Å². The molecule has 0 heterocycles. The van der Waals surface area contributed by atoms with Crippen LogP contribution in [0.5, 0.6) is 0 Å². The van der Waals surface area contributed by atoms with Crippen molar-refractivity contribution in [2.45, 2.75) is 14.4 Å². The maximum Gasteiger partial charge on any atom is -0.0175 e. The van der Waals surface area contributed by atoms with Crippen molar-refractivity contribution < 1.29 is 0 Å². The van der Waals surface area contributed by atoms with Gasteiger partial charge in [0.05, 0.1) is 0 Å².